The maximum absolute atomic E-state index is 13.9. The molecular formula is C21H23F2N. The summed E-state index contributed by atoms with van der Waals surface area (Å²) in [7, 11) is 0. The lowest BCUT2D eigenvalue weighted by Crippen LogP contribution is -2.29. The Bertz CT molecular complexity index is 713. The van der Waals surface area contributed by atoms with Crippen molar-refractivity contribution in [3.63, 3.8) is 0 Å². The third-order valence-corrected chi connectivity index (χ3v) is 4.69. The van der Waals surface area contributed by atoms with Gasteiger partial charge in [0.05, 0.1) is 0 Å². The lowest BCUT2D eigenvalue weighted by atomic mass is 10.0. The van der Waals surface area contributed by atoms with Gasteiger partial charge in [0.25, 0.3) is 0 Å². The Kier molecular flexibility index (Phi) is 5.41. The second-order valence-corrected chi connectivity index (χ2v) is 6.45. The van der Waals surface area contributed by atoms with E-state index in [1.165, 1.54) is 50.1 Å². The summed E-state index contributed by atoms with van der Waals surface area (Å²) in [5, 5.41) is 0. The first-order chi connectivity index (χ1) is 11.6. The van der Waals surface area contributed by atoms with E-state index in [1.807, 2.05) is 24.3 Å². The van der Waals surface area contributed by atoms with Crippen molar-refractivity contribution in [2.45, 2.75) is 26.2 Å². The molecule has 0 aliphatic carbocycles. The predicted molar refractivity (Wildman–Crippen MR) is 95.7 cm³/mol. The Morgan fingerprint density at radius 1 is 1.00 bits per heavy atom. The largest absolute Gasteiger partial charge is 0.300 e. The lowest BCUT2D eigenvalue weighted by Gasteiger charge is -2.25. The molecule has 0 N–H and O–H groups in total. The molecule has 1 fully saturated rings. The zero-order valence-corrected chi connectivity index (χ0v) is 14.1. The van der Waals surface area contributed by atoms with E-state index in [1.54, 1.807) is 0 Å². The quantitative estimate of drug-likeness (QED) is 0.714. The Morgan fingerprint density at radius 2 is 1.71 bits per heavy atom. The Hall–Kier alpha value is -2.00. The van der Waals surface area contributed by atoms with Crippen LogP contribution in [0.3, 0.4) is 0 Å². The number of hydrogen-bond donors (Lipinski definition) is 0. The van der Waals surface area contributed by atoms with Crippen LogP contribution in [-0.2, 0) is 0 Å². The van der Waals surface area contributed by atoms with Crippen LogP contribution in [0.25, 0.3) is 16.7 Å². The van der Waals surface area contributed by atoms with Crippen LogP contribution in [0.5, 0.6) is 0 Å². The molecule has 126 valence electrons. The van der Waals surface area contributed by atoms with E-state index in [-0.39, 0.29) is 0 Å². The first-order valence-corrected chi connectivity index (χ1v) is 8.58. The van der Waals surface area contributed by atoms with Gasteiger partial charge >= 0.3 is 0 Å². The summed E-state index contributed by atoms with van der Waals surface area (Å²) in [6, 6.07) is 11.5. The molecule has 1 saturated heterocycles. The minimum Gasteiger partial charge on any atom is -0.300 e. The molecule has 24 heavy (non-hydrogen) atoms. The molecule has 0 saturated carbocycles. The summed E-state index contributed by atoms with van der Waals surface area (Å²) in [6.07, 6.45) is 6.20. The topological polar surface area (TPSA) is 3.24 Å². The fraction of sp³-hybridized carbons (Fsp3) is 0.333. The van der Waals surface area contributed by atoms with E-state index in [0.29, 0.717) is 5.56 Å². The summed E-state index contributed by atoms with van der Waals surface area (Å²) >= 11 is 0. The molecule has 1 nitrogen and oxygen atoms in total. The minimum atomic E-state index is -0.552. The van der Waals surface area contributed by atoms with Crippen LogP contribution in [0.4, 0.5) is 8.78 Å². The number of halogens is 2. The zero-order valence-electron chi connectivity index (χ0n) is 14.1. The number of likely N-dealkylation sites (tertiary alicyclic amines) is 1. The second kappa shape index (κ2) is 7.71. The van der Waals surface area contributed by atoms with Crippen molar-refractivity contribution in [1.82, 2.24) is 4.90 Å². The normalized spacial score (nSPS) is 16.4. The van der Waals surface area contributed by atoms with Crippen molar-refractivity contribution in [1.29, 1.82) is 0 Å². The van der Waals surface area contributed by atoms with Gasteiger partial charge in [0.15, 0.2) is 0 Å². The van der Waals surface area contributed by atoms with Crippen LogP contribution in [0.15, 0.2) is 48.5 Å². The van der Waals surface area contributed by atoms with Gasteiger partial charge in [-0.1, -0.05) is 36.8 Å². The van der Waals surface area contributed by atoms with Gasteiger partial charge in [-0.05, 0) is 61.7 Å². The molecular weight excluding hydrogens is 304 g/mol. The SMILES string of the molecule is C/C(=C/CN1CCCCC1)c1ccc(-c2ccc(F)cc2F)cc1. The van der Waals surface area contributed by atoms with Crippen molar-refractivity contribution >= 4 is 5.57 Å². The van der Waals surface area contributed by atoms with E-state index in [2.05, 4.69) is 17.9 Å². The molecule has 3 rings (SSSR count). The van der Waals surface area contributed by atoms with Crippen molar-refractivity contribution in [3.8, 4) is 11.1 Å². The van der Waals surface area contributed by atoms with Gasteiger partial charge in [-0.3, -0.25) is 4.90 Å². The van der Waals surface area contributed by atoms with E-state index < -0.39 is 11.6 Å². The van der Waals surface area contributed by atoms with Crippen LogP contribution < -0.4 is 0 Å². The highest BCUT2D eigenvalue weighted by Gasteiger charge is 2.09. The maximum atomic E-state index is 13.9. The molecule has 1 aliphatic rings. The molecule has 1 aliphatic heterocycles. The Balaban J connectivity index is 1.71. The van der Waals surface area contributed by atoms with Crippen molar-refractivity contribution in [2.24, 2.45) is 0 Å². The van der Waals surface area contributed by atoms with Crippen LogP contribution in [-0.4, -0.2) is 24.5 Å². The van der Waals surface area contributed by atoms with Gasteiger partial charge in [-0.15, -0.1) is 0 Å². The molecule has 2 aromatic carbocycles. The van der Waals surface area contributed by atoms with Crippen LogP contribution in [0.1, 0.15) is 31.7 Å². The number of nitrogens with zero attached hydrogens (tertiary/aromatic N) is 1. The molecule has 3 heteroatoms. The summed E-state index contributed by atoms with van der Waals surface area (Å²) < 4.78 is 26.9. The molecule has 0 radical (unpaired) electrons. The third-order valence-electron chi connectivity index (χ3n) is 4.69. The molecule has 2 aromatic rings. The van der Waals surface area contributed by atoms with E-state index in [4.69, 9.17) is 0 Å². The highest BCUT2D eigenvalue weighted by Crippen LogP contribution is 2.25. The standard InChI is InChI=1S/C21H23F2N/c1-16(11-14-24-12-3-2-4-13-24)17-5-7-18(8-6-17)20-10-9-19(22)15-21(20)23/h5-11,15H,2-4,12-14H2,1H3/b16-11-. The summed E-state index contributed by atoms with van der Waals surface area (Å²) in [5.74, 6) is -1.08. The Morgan fingerprint density at radius 3 is 2.38 bits per heavy atom. The number of piperidine rings is 1. The number of benzene rings is 2. The first-order valence-electron chi connectivity index (χ1n) is 8.58. The zero-order chi connectivity index (χ0) is 16.9. The molecule has 0 atom stereocenters. The average molecular weight is 327 g/mol. The highest BCUT2D eigenvalue weighted by atomic mass is 19.1. The van der Waals surface area contributed by atoms with E-state index in [9.17, 15) is 8.78 Å². The van der Waals surface area contributed by atoms with Crippen LogP contribution >= 0.6 is 0 Å². The van der Waals surface area contributed by atoms with Gasteiger partial charge < -0.3 is 0 Å². The van der Waals surface area contributed by atoms with Gasteiger partial charge in [0, 0.05) is 18.2 Å². The number of rotatable bonds is 4. The lowest BCUT2D eigenvalue weighted by molar-refractivity contribution is 0.251. The second-order valence-electron chi connectivity index (χ2n) is 6.45. The van der Waals surface area contributed by atoms with Crippen molar-refractivity contribution in [2.75, 3.05) is 19.6 Å². The van der Waals surface area contributed by atoms with Crippen molar-refractivity contribution in [3.05, 3.63) is 65.7 Å². The predicted octanol–water partition coefficient (Wildman–Crippen LogP) is 5.52. The summed E-state index contributed by atoms with van der Waals surface area (Å²) in [4.78, 5) is 2.48. The smallest absolute Gasteiger partial charge is 0.133 e. The van der Waals surface area contributed by atoms with Crippen molar-refractivity contribution < 1.29 is 8.78 Å². The maximum Gasteiger partial charge on any atom is 0.133 e. The number of allylic oxidation sites excluding steroid dienone is 1. The molecule has 1 heterocycles. The average Bonchev–Trinajstić information content (AvgIpc) is 2.61. The van der Waals surface area contributed by atoms with Crippen LogP contribution in [0.2, 0.25) is 0 Å². The van der Waals surface area contributed by atoms with E-state index in [0.717, 1.165) is 23.7 Å². The third kappa shape index (κ3) is 4.09. The summed E-state index contributed by atoms with van der Waals surface area (Å²) in [5.41, 5.74) is 3.56. The summed E-state index contributed by atoms with van der Waals surface area (Å²) in [6.45, 7) is 5.47. The number of hydrogen-bond acceptors (Lipinski definition) is 1. The fourth-order valence-corrected chi connectivity index (χ4v) is 3.16. The van der Waals surface area contributed by atoms with Gasteiger partial charge in [0.1, 0.15) is 11.6 Å². The first kappa shape index (κ1) is 16.8. The highest BCUT2D eigenvalue weighted by molar-refractivity contribution is 5.70. The minimum absolute atomic E-state index is 0.429. The molecule has 0 aromatic heterocycles. The molecule has 0 amide bonds. The van der Waals surface area contributed by atoms with Crippen LogP contribution in [0, 0.1) is 11.6 Å². The molecule has 0 spiro atoms. The van der Waals surface area contributed by atoms with Gasteiger partial charge in [-0.2, -0.15) is 0 Å². The Labute approximate surface area is 142 Å². The monoisotopic (exact) mass is 327 g/mol. The van der Waals surface area contributed by atoms with E-state index >= 15 is 0 Å². The molecule has 0 unspecified atom stereocenters. The van der Waals surface area contributed by atoms with Gasteiger partial charge in [0.2, 0.25) is 0 Å². The van der Waals surface area contributed by atoms with Gasteiger partial charge in [-0.25, -0.2) is 8.78 Å². The molecule has 0 bridgehead atoms. The fourth-order valence-electron chi connectivity index (χ4n) is 3.16.